The van der Waals surface area contributed by atoms with E-state index in [0.29, 0.717) is 12.1 Å². The van der Waals surface area contributed by atoms with Crippen LogP contribution in [0.15, 0.2) is 48.5 Å². The maximum Gasteiger partial charge on any atom is 0.244 e. The molecule has 0 saturated heterocycles. The Morgan fingerprint density at radius 2 is 1.58 bits per heavy atom. The Morgan fingerprint density at radius 3 is 2.08 bits per heavy atom. The molecular formula is C30H43N3O4S. The van der Waals surface area contributed by atoms with Gasteiger partial charge >= 0.3 is 0 Å². The van der Waals surface area contributed by atoms with Crippen LogP contribution in [-0.2, 0) is 31.6 Å². The van der Waals surface area contributed by atoms with Gasteiger partial charge in [0.25, 0.3) is 0 Å². The van der Waals surface area contributed by atoms with Gasteiger partial charge in [-0.05, 0) is 54.9 Å². The van der Waals surface area contributed by atoms with Crippen molar-refractivity contribution in [2.24, 2.45) is 0 Å². The molecule has 0 radical (unpaired) electrons. The zero-order valence-corrected chi connectivity index (χ0v) is 24.5. The van der Waals surface area contributed by atoms with Gasteiger partial charge in [-0.1, -0.05) is 82.5 Å². The lowest BCUT2D eigenvalue weighted by Gasteiger charge is -2.33. The lowest BCUT2D eigenvalue weighted by Crippen LogP contribution is -2.53. The van der Waals surface area contributed by atoms with Crippen LogP contribution >= 0.6 is 0 Å². The summed E-state index contributed by atoms with van der Waals surface area (Å²) >= 11 is 0. The average molecular weight is 542 g/mol. The zero-order chi connectivity index (χ0) is 28.1. The number of sulfonamides is 1. The minimum atomic E-state index is -3.76. The van der Waals surface area contributed by atoms with Gasteiger partial charge in [0.1, 0.15) is 12.6 Å². The Labute approximate surface area is 228 Å². The smallest absolute Gasteiger partial charge is 0.244 e. The highest BCUT2D eigenvalue weighted by molar-refractivity contribution is 7.92. The Hall–Kier alpha value is -2.87. The molecule has 0 bridgehead atoms. The van der Waals surface area contributed by atoms with Crippen molar-refractivity contribution in [1.29, 1.82) is 0 Å². The fourth-order valence-corrected chi connectivity index (χ4v) is 5.77. The van der Waals surface area contributed by atoms with Gasteiger partial charge in [-0.25, -0.2) is 8.42 Å². The average Bonchev–Trinajstić information content (AvgIpc) is 3.35. The summed E-state index contributed by atoms with van der Waals surface area (Å²) in [5, 5.41) is 3.13. The van der Waals surface area contributed by atoms with Crippen LogP contribution in [0.25, 0.3) is 0 Å². The number of hydrogen-bond acceptors (Lipinski definition) is 4. The molecule has 2 aromatic carbocycles. The third-order valence-electron chi connectivity index (χ3n) is 7.26. The summed E-state index contributed by atoms with van der Waals surface area (Å²) in [7, 11) is -3.76. The summed E-state index contributed by atoms with van der Waals surface area (Å²) in [6.07, 6.45) is 5.60. The molecule has 1 aliphatic carbocycles. The molecule has 1 saturated carbocycles. The van der Waals surface area contributed by atoms with Crippen molar-refractivity contribution in [1.82, 2.24) is 10.2 Å². The maximum atomic E-state index is 13.9. The quantitative estimate of drug-likeness (QED) is 0.462. The third kappa shape index (κ3) is 7.82. The van der Waals surface area contributed by atoms with E-state index >= 15 is 0 Å². The van der Waals surface area contributed by atoms with Gasteiger partial charge in [-0.15, -0.1) is 0 Å². The van der Waals surface area contributed by atoms with Crippen LogP contribution in [0.4, 0.5) is 5.69 Å². The number of benzene rings is 2. The second-order valence-corrected chi connectivity index (χ2v) is 13.4. The molecule has 0 aliphatic heterocycles. The lowest BCUT2D eigenvalue weighted by molar-refractivity contribution is -0.140. The monoisotopic (exact) mass is 541 g/mol. The number of anilines is 1. The number of aryl methyl sites for hydroxylation is 1. The second-order valence-electron chi connectivity index (χ2n) is 11.5. The van der Waals surface area contributed by atoms with Crippen LogP contribution in [-0.4, -0.2) is 50.0 Å². The van der Waals surface area contributed by atoms with E-state index in [9.17, 15) is 18.0 Å². The summed E-state index contributed by atoms with van der Waals surface area (Å²) < 4.78 is 26.8. The molecular weight excluding hydrogens is 498 g/mol. The maximum absolute atomic E-state index is 13.9. The Bertz CT molecular complexity index is 1200. The van der Waals surface area contributed by atoms with Gasteiger partial charge in [-0.3, -0.25) is 13.9 Å². The molecule has 0 spiro atoms. The van der Waals surface area contributed by atoms with Gasteiger partial charge in [0.2, 0.25) is 21.8 Å². The molecule has 38 heavy (non-hydrogen) atoms. The Morgan fingerprint density at radius 1 is 1.00 bits per heavy atom. The topological polar surface area (TPSA) is 86.8 Å². The van der Waals surface area contributed by atoms with Crippen LogP contribution in [0.1, 0.15) is 76.5 Å². The van der Waals surface area contributed by atoms with Crippen molar-refractivity contribution in [2.45, 2.75) is 90.8 Å². The van der Waals surface area contributed by atoms with Crippen LogP contribution in [0.3, 0.4) is 0 Å². The van der Waals surface area contributed by atoms with E-state index < -0.39 is 22.0 Å². The first-order valence-corrected chi connectivity index (χ1v) is 15.4. The highest BCUT2D eigenvalue weighted by Crippen LogP contribution is 2.26. The molecule has 0 heterocycles. The van der Waals surface area contributed by atoms with E-state index in [-0.39, 0.29) is 30.5 Å². The highest BCUT2D eigenvalue weighted by atomic mass is 32.2. The molecule has 2 amide bonds. The summed E-state index contributed by atoms with van der Waals surface area (Å²) in [6.45, 7) is 9.97. The van der Waals surface area contributed by atoms with Crippen molar-refractivity contribution in [3.8, 4) is 0 Å². The molecule has 1 N–H and O–H groups in total. The van der Waals surface area contributed by atoms with Crippen molar-refractivity contribution in [3.05, 3.63) is 65.2 Å². The number of hydrogen-bond donors (Lipinski definition) is 1. The molecule has 3 rings (SSSR count). The van der Waals surface area contributed by atoms with E-state index in [1.165, 1.54) is 4.90 Å². The van der Waals surface area contributed by atoms with E-state index in [0.717, 1.165) is 52.9 Å². The number of nitrogens with zero attached hydrogens (tertiary/aromatic N) is 2. The van der Waals surface area contributed by atoms with E-state index in [2.05, 4.69) is 26.1 Å². The predicted octanol–water partition coefficient (Wildman–Crippen LogP) is 4.92. The predicted molar refractivity (Wildman–Crippen MR) is 154 cm³/mol. The van der Waals surface area contributed by atoms with Gasteiger partial charge in [0.15, 0.2) is 0 Å². The van der Waals surface area contributed by atoms with Crippen molar-refractivity contribution >= 4 is 27.5 Å². The minimum absolute atomic E-state index is 0.0872. The first-order chi connectivity index (χ1) is 17.8. The molecule has 8 heteroatoms. The summed E-state index contributed by atoms with van der Waals surface area (Å²) in [6, 6.07) is 14.5. The van der Waals surface area contributed by atoms with Crippen LogP contribution < -0.4 is 9.62 Å². The summed E-state index contributed by atoms with van der Waals surface area (Å²) in [4.78, 5) is 28.8. The van der Waals surface area contributed by atoms with E-state index in [4.69, 9.17) is 0 Å². The van der Waals surface area contributed by atoms with Crippen molar-refractivity contribution in [3.63, 3.8) is 0 Å². The standard InChI is InChI=1S/C30H43N3O4S/c1-7-27(29(35)31-25-10-8-9-11-25)32(20-23-14-12-22(2)13-15-23)28(34)21-33(38(6,36)37)26-18-16-24(17-19-26)30(3,4)5/h12-19,25,27H,7-11,20-21H2,1-6H3,(H,31,35). The zero-order valence-electron chi connectivity index (χ0n) is 23.7. The SMILES string of the molecule is CCC(C(=O)NC1CCCC1)N(Cc1ccc(C)cc1)C(=O)CN(c1ccc(C(C)(C)C)cc1)S(C)(=O)=O. The number of nitrogens with one attached hydrogen (secondary N) is 1. The van der Waals surface area contributed by atoms with Crippen LogP contribution in [0, 0.1) is 6.92 Å². The van der Waals surface area contributed by atoms with E-state index in [1.807, 2.05) is 50.2 Å². The Balaban J connectivity index is 1.91. The number of amides is 2. The fraction of sp³-hybridized carbons (Fsp3) is 0.533. The molecule has 1 unspecified atom stereocenters. The first-order valence-electron chi connectivity index (χ1n) is 13.5. The summed E-state index contributed by atoms with van der Waals surface area (Å²) in [5.74, 6) is -0.593. The van der Waals surface area contributed by atoms with Gasteiger partial charge in [-0.2, -0.15) is 0 Å². The fourth-order valence-electron chi connectivity index (χ4n) is 4.92. The van der Waals surface area contributed by atoms with Crippen molar-refractivity contribution < 1.29 is 18.0 Å². The lowest BCUT2D eigenvalue weighted by atomic mass is 9.87. The normalized spacial score (nSPS) is 15.2. The van der Waals surface area contributed by atoms with Gasteiger partial charge < -0.3 is 10.2 Å². The van der Waals surface area contributed by atoms with Crippen LogP contribution in [0.2, 0.25) is 0 Å². The largest absolute Gasteiger partial charge is 0.352 e. The number of carbonyl (C=O) groups excluding carboxylic acids is 2. The number of carbonyl (C=O) groups is 2. The molecule has 1 aliphatic rings. The van der Waals surface area contributed by atoms with Gasteiger partial charge in [0, 0.05) is 12.6 Å². The minimum Gasteiger partial charge on any atom is -0.352 e. The first kappa shape index (κ1) is 29.7. The highest BCUT2D eigenvalue weighted by Gasteiger charge is 2.33. The summed E-state index contributed by atoms with van der Waals surface area (Å²) in [5.41, 5.74) is 3.39. The molecule has 1 atom stereocenters. The molecule has 208 valence electrons. The van der Waals surface area contributed by atoms with Gasteiger partial charge in [0.05, 0.1) is 11.9 Å². The number of rotatable bonds is 10. The molecule has 2 aromatic rings. The van der Waals surface area contributed by atoms with Crippen molar-refractivity contribution in [2.75, 3.05) is 17.1 Å². The Kier molecular flexibility index (Phi) is 9.63. The van der Waals surface area contributed by atoms with Crippen LogP contribution in [0.5, 0.6) is 0 Å². The molecule has 1 fully saturated rings. The second kappa shape index (κ2) is 12.3. The molecule has 7 nitrogen and oxygen atoms in total. The van der Waals surface area contributed by atoms with E-state index in [1.54, 1.807) is 12.1 Å². The molecule has 0 aromatic heterocycles. The third-order valence-corrected chi connectivity index (χ3v) is 8.40.